The van der Waals surface area contributed by atoms with Gasteiger partial charge in [0.1, 0.15) is 0 Å². The van der Waals surface area contributed by atoms with Gasteiger partial charge in [-0.05, 0) is 42.5 Å². The zero-order valence-corrected chi connectivity index (χ0v) is 12.6. The van der Waals surface area contributed by atoms with E-state index in [1.54, 1.807) is 0 Å². The van der Waals surface area contributed by atoms with Gasteiger partial charge in [0.15, 0.2) is 0 Å². The highest BCUT2D eigenvalue weighted by Crippen LogP contribution is 2.30. The van der Waals surface area contributed by atoms with Crippen molar-refractivity contribution in [3.8, 4) is 0 Å². The predicted octanol–water partition coefficient (Wildman–Crippen LogP) is 3.43. The maximum Gasteiger partial charge on any atom is 0.0486 e. The molecule has 2 nitrogen and oxygen atoms in total. The van der Waals surface area contributed by atoms with Gasteiger partial charge in [-0.25, -0.2) is 0 Å². The normalized spacial score (nSPS) is 19.5. The molecule has 0 bridgehead atoms. The zero-order chi connectivity index (χ0) is 13.0. The monoisotopic (exact) mass is 304 g/mol. The summed E-state index contributed by atoms with van der Waals surface area (Å²) in [6.45, 7) is 2.72. The molecule has 5 heteroatoms. The maximum atomic E-state index is 6.28. The largest absolute Gasteiger partial charge is 0.329 e. The van der Waals surface area contributed by atoms with Crippen molar-refractivity contribution < 1.29 is 0 Å². The van der Waals surface area contributed by atoms with Crippen molar-refractivity contribution in [2.24, 2.45) is 5.73 Å². The van der Waals surface area contributed by atoms with Crippen molar-refractivity contribution in [2.75, 3.05) is 31.1 Å². The van der Waals surface area contributed by atoms with Gasteiger partial charge >= 0.3 is 0 Å². The van der Waals surface area contributed by atoms with Gasteiger partial charge in [0.25, 0.3) is 0 Å². The molecule has 0 amide bonds. The van der Waals surface area contributed by atoms with Crippen LogP contribution in [0.4, 0.5) is 0 Å². The van der Waals surface area contributed by atoms with Crippen LogP contribution in [0.5, 0.6) is 0 Å². The number of hydrogen-bond acceptors (Lipinski definition) is 3. The molecular weight excluding hydrogens is 287 g/mol. The minimum atomic E-state index is 0.176. The molecule has 0 aliphatic carbocycles. The van der Waals surface area contributed by atoms with Crippen molar-refractivity contribution in [1.29, 1.82) is 0 Å². The lowest BCUT2D eigenvalue weighted by atomic mass is 10.0. The molecule has 0 spiro atoms. The van der Waals surface area contributed by atoms with Crippen molar-refractivity contribution in [1.82, 2.24) is 4.90 Å². The van der Waals surface area contributed by atoms with E-state index in [1.165, 1.54) is 12.2 Å². The summed E-state index contributed by atoms with van der Waals surface area (Å²) in [5.41, 5.74) is 7.01. The Morgan fingerprint density at radius 3 is 2.89 bits per heavy atom. The van der Waals surface area contributed by atoms with E-state index in [-0.39, 0.29) is 6.04 Å². The molecule has 0 radical (unpaired) electrons. The van der Waals surface area contributed by atoms with Crippen LogP contribution in [0.1, 0.15) is 18.0 Å². The third-order valence-electron chi connectivity index (χ3n) is 3.24. The molecule has 2 N–H and O–H groups in total. The summed E-state index contributed by atoms with van der Waals surface area (Å²) >= 11 is 14.4. The van der Waals surface area contributed by atoms with Gasteiger partial charge in [0.05, 0.1) is 0 Å². The van der Waals surface area contributed by atoms with Gasteiger partial charge in [0.2, 0.25) is 0 Å². The lowest BCUT2D eigenvalue weighted by molar-refractivity contribution is 0.218. The molecule has 18 heavy (non-hydrogen) atoms. The van der Waals surface area contributed by atoms with Crippen LogP contribution in [0.3, 0.4) is 0 Å². The summed E-state index contributed by atoms with van der Waals surface area (Å²) in [6.07, 6.45) is 1.21. The molecule has 1 aliphatic heterocycles. The lowest BCUT2D eigenvalue weighted by Gasteiger charge is -2.30. The van der Waals surface area contributed by atoms with E-state index < -0.39 is 0 Å². The molecule has 0 aromatic heterocycles. The van der Waals surface area contributed by atoms with E-state index in [2.05, 4.69) is 4.90 Å². The molecule has 1 aromatic rings. The number of nitrogens with zero attached hydrogens (tertiary/aromatic N) is 1. The SMILES string of the molecule is NCC(c1cc(Cl)ccc1Cl)N1CCCSCC1. The van der Waals surface area contributed by atoms with Crippen LogP contribution >= 0.6 is 35.0 Å². The van der Waals surface area contributed by atoms with Gasteiger partial charge in [-0.3, -0.25) is 4.90 Å². The molecule has 1 fully saturated rings. The van der Waals surface area contributed by atoms with Crippen molar-refractivity contribution in [3.05, 3.63) is 33.8 Å². The van der Waals surface area contributed by atoms with Crippen LogP contribution in [0.25, 0.3) is 0 Å². The van der Waals surface area contributed by atoms with E-state index in [0.717, 1.165) is 34.5 Å². The molecule has 1 heterocycles. The Labute approximate surface area is 123 Å². The number of benzene rings is 1. The third kappa shape index (κ3) is 3.55. The summed E-state index contributed by atoms with van der Waals surface area (Å²) in [6, 6.07) is 5.79. The summed E-state index contributed by atoms with van der Waals surface area (Å²) in [5, 5.41) is 1.48. The van der Waals surface area contributed by atoms with Crippen LogP contribution in [0.15, 0.2) is 18.2 Å². The molecular formula is C13H18Cl2N2S. The molecule has 0 saturated carbocycles. The van der Waals surface area contributed by atoms with E-state index >= 15 is 0 Å². The summed E-state index contributed by atoms with van der Waals surface area (Å²) in [7, 11) is 0. The predicted molar refractivity (Wildman–Crippen MR) is 81.8 cm³/mol. The van der Waals surface area contributed by atoms with E-state index in [0.29, 0.717) is 6.54 Å². The number of rotatable bonds is 3. The Hall–Kier alpha value is 0.0700. The van der Waals surface area contributed by atoms with Gasteiger partial charge in [-0.1, -0.05) is 23.2 Å². The zero-order valence-electron chi connectivity index (χ0n) is 10.2. The second kappa shape index (κ2) is 7.01. The molecule has 1 aromatic carbocycles. The first-order chi connectivity index (χ1) is 8.72. The van der Waals surface area contributed by atoms with Crippen LogP contribution in [-0.2, 0) is 0 Å². The Kier molecular flexibility index (Phi) is 5.64. The topological polar surface area (TPSA) is 29.3 Å². The number of thioether (sulfide) groups is 1. The minimum absolute atomic E-state index is 0.176. The fraction of sp³-hybridized carbons (Fsp3) is 0.538. The van der Waals surface area contributed by atoms with Crippen LogP contribution < -0.4 is 5.73 Å². The van der Waals surface area contributed by atoms with Crippen LogP contribution in [0.2, 0.25) is 10.0 Å². The first-order valence-electron chi connectivity index (χ1n) is 6.19. The summed E-state index contributed by atoms with van der Waals surface area (Å²) in [5.74, 6) is 2.39. The molecule has 1 atom stereocenters. The van der Waals surface area contributed by atoms with E-state index in [1.807, 2.05) is 30.0 Å². The van der Waals surface area contributed by atoms with E-state index in [9.17, 15) is 0 Å². The number of halogens is 2. The second-order valence-electron chi connectivity index (χ2n) is 4.42. The van der Waals surface area contributed by atoms with Crippen LogP contribution in [-0.4, -0.2) is 36.0 Å². The first kappa shape index (κ1) is 14.5. The van der Waals surface area contributed by atoms with E-state index in [4.69, 9.17) is 28.9 Å². The minimum Gasteiger partial charge on any atom is -0.329 e. The third-order valence-corrected chi connectivity index (χ3v) is 4.87. The quantitative estimate of drug-likeness (QED) is 0.927. The average Bonchev–Trinajstić information content (AvgIpc) is 2.64. The van der Waals surface area contributed by atoms with Crippen LogP contribution in [0, 0.1) is 0 Å². The Bertz CT molecular complexity index is 393. The van der Waals surface area contributed by atoms with Gasteiger partial charge in [0, 0.05) is 34.9 Å². The second-order valence-corrected chi connectivity index (χ2v) is 6.49. The van der Waals surface area contributed by atoms with Crippen molar-refractivity contribution >= 4 is 35.0 Å². The van der Waals surface area contributed by atoms with Crippen molar-refractivity contribution in [2.45, 2.75) is 12.5 Å². The highest BCUT2D eigenvalue weighted by molar-refractivity contribution is 7.99. The Morgan fingerprint density at radius 1 is 1.28 bits per heavy atom. The molecule has 1 unspecified atom stereocenters. The standard InChI is InChI=1S/C13H18Cl2N2S/c14-10-2-3-12(15)11(8-10)13(9-16)17-4-1-6-18-7-5-17/h2-3,8,13H,1,4-7,9,16H2. The Morgan fingerprint density at radius 2 is 2.11 bits per heavy atom. The van der Waals surface area contributed by atoms with Gasteiger partial charge in [-0.15, -0.1) is 0 Å². The summed E-state index contributed by atoms with van der Waals surface area (Å²) in [4.78, 5) is 2.43. The van der Waals surface area contributed by atoms with Gasteiger partial charge in [-0.2, -0.15) is 11.8 Å². The fourth-order valence-electron chi connectivity index (χ4n) is 2.32. The van der Waals surface area contributed by atoms with Gasteiger partial charge < -0.3 is 5.73 Å². The summed E-state index contributed by atoms with van der Waals surface area (Å²) < 4.78 is 0. The fourth-order valence-corrected chi connectivity index (χ4v) is 3.64. The molecule has 1 aliphatic rings. The molecule has 2 rings (SSSR count). The Balaban J connectivity index is 2.23. The highest BCUT2D eigenvalue weighted by atomic mass is 35.5. The average molecular weight is 305 g/mol. The smallest absolute Gasteiger partial charge is 0.0486 e. The number of nitrogens with two attached hydrogens (primary N) is 1. The lowest BCUT2D eigenvalue weighted by Crippen LogP contribution is -2.35. The maximum absolute atomic E-state index is 6.28. The first-order valence-corrected chi connectivity index (χ1v) is 8.10. The number of hydrogen-bond donors (Lipinski definition) is 1. The molecule has 100 valence electrons. The van der Waals surface area contributed by atoms with Crippen molar-refractivity contribution in [3.63, 3.8) is 0 Å². The highest BCUT2D eigenvalue weighted by Gasteiger charge is 2.22. The molecule has 1 saturated heterocycles.